The SMILES string of the molecule is CC1=Cc2c(-c3cccc4ccccc34)ccc(Cl)c2[CH]1[Zr]([Cl])([Cl])([CH]1C(C(C)C)=Cc2c(-c3cccc4ccccc34)cccc21)[SiH](C)C. The minimum absolute atomic E-state index is 0.00190. The first kappa shape index (κ1) is 33.4. The Morgan fingerprint density at radius 3 is 1.71 bits per heavy atom. The molecule has 0 fully saturated rings. The number of rotatable bonds is 6. The van der Waals surface area contributed by atoms with E-state index in [0.29, 0.717) is 5.92 Å². The van der Waals surface area contributed by atoms with Crippen LogP contribution in [-0.4, -0.2) is 5.92 Å². The third-order valence-electron chi connectivity index (χ3n) is 11.5. The van der Waals surface area contributed by atoms with Crippen molar-refractivity contribution in [3.8, 4) is 22.3 Å². The van der Waals surface area contributed by atoms with E-state index in [0.717, 1.165) is 10.6 Å². The predicted octanol–water partition coefficient (Wildman–Crippen LogP) is 14.2. The molecular weight excluding hydrogens is 754 g/mol. The van der Waals surface area contributed by atoms with Gasteiger partial charge in [-0.2, -0.15) is 0 Å². The van der Waals surface area contributed by atoms with Gasteiger partial charge in [0.05, 0.1) is 0 Å². The minimum atomic E-state index is -5.00. The fraction of sp³-hybridized carbons (Fsp3) is 0.182. The molecule has 49 heavy (non-hydrogen) atoms. The molecule has 245 valence electrons. The fourth-order valence-electron chi connectivity index (χ4n) is 9.07. The van der Waals surface area contributed by atoms with Crippen LogP contribution in [0.1, 0.15) is 50.3 Å². The van der Waals surface area contributed by atoms with Crippen molar-refractivity contribution in [3.63, 3.8) is 0 Å². The van der Waals surface area contributed by atoms with Crippen LogP contribution in [0.25, 0.3) is 56.0 Å². The summed E-state index contributed by atoms with van der Waals surface area (Å²) in [5.74, 6) is -1.45. The van der Waals surface area contributed by atoms with Gasteiger partial charge in [0.2, 0.25) is 0 Å². The molecule has 2 unspecified atom stereocenters. The molecule has 0 aliphatic heterocycles. The molecule has 0 bridgehead atoms. The topological polar surface area (TPSA) is 0 Å². The van der Waals surface area contributed by atoms with Gasteiger partial charge in [0.25, 0.3) is 0 Å². The molecule has 2 atom stereocenters. The summed E-state index contributed by atoms with van der Waals surface area (Å²) in [6.07, 6.45) is 4.82. The molecule has 0 nitrogen and oxygen atoms in total. The van der Waals surface area contributed by atoms with E-state index in [2.05, 4.69) is 161 Å². The maximum atomic E-state index is 8.69. The summed E-state index contributed by atoms with van der Waals surface area (Å²) in [7, 11) is 17.4. The summed E-state index contributed by atoms with van der Waals surface area (Å²) in [4.78, 5) is 0. The van der Waals surface area contributed by atoms with Crippen molar-refractivity contribution < 1.29 is 15.6 Å². The molecule has 2 aliphatic rings. The van der Waals surface area contributed by atoms with Crippen molar-refractivity contribution in [2.45, 2.75) is 41.1 Å². The Bertz CT molecular complexity index is 2370. The van der Waals surface area contributed by atoms with Gasteiger partial charge in [0, 0.05) is 0 Å². The summed E-state index contributed by atoms with van der Waals surface area (Å²) < 4.78 is -0.0777. The molecule has 0 amide bonds. The molecule has 5 heteroatoms. The third kappa shape index (κ3) is 5.00. The van der Waals surface area contributed by atoms with E-state index >= 15 is 0 Å². The zero-order valence-corrected chi connectivity index (χ0v) is 34.4. The van der Waals surface area contributed by atoms with Crippen molar-refractivity contribution in [1.82, 2.24) is 0 Å². The Balaban J connectivity index is 1.37. The summed E-state index contributed by atoms with van der Waals surface area (Å²) in [5, 5.41) is 5.74. The quantitative estimate of drug-likeness (QED) is 0.147. The van der Waals surface area contributed by atoms with Gasteiger partial charge >= 0.3 is 307 Å². The van der Waals surface area contributed by atoms with E-state index < -0.39 is 21.5 Å². The molecule has 6 aromatic carbocycles. The summed E-state index contributed by atoms with van der Waals surface area (Å²) in [6.45, 7) is 11.7. The number of halogens is 3. The van der Waals surface area contributed by atoms with Gasteiger partial charge in [-0.15, -0.1) is 0 Å². The van der Waals surface area contributed by atoms with Crippen LogP contribution in [-0.2, 0) is 15.6 Å². The van der Waals surface area contributed by atoms with Crippen LogP contribution >= 0.6 is 28.6 Å². The van der Waals surface area contributed by atoms with Crippen LogP contribution in [0.2, 0.25) is 18.1 Å². The summed E-state index contributed by atoms with van der Waals surface area (Å²) in [6, 6.07) is 41.6. The second-order valence-electron chi connectivity index (χ2n) is 14.7. The molecule has 0 saturated heterocycles. The molecule has 2 aliphatic carbocycles. The Morgan fingerprint density at radius 1 is 0.592 bits per heavy atom. The second kappa shape index (κ2) is 12.2. The van der Waals surface area contributed by atoms with Crippen LogP contribution in [0.3, 0.4) is 0 Å². The first-order valence-electron chi connectivity index (χ1n) is 17.4. The Morgan fingerprint density at radius 2 is 1.12 bits per heavy atom. The van der Waals surface area contributed by atoms with Crippen LogP contribution in [0.15, 0.2) is 126 Å². The molecule has 0 radical (unpaired) electrons. The van der Waals surface area contributed by atoms with Gasteiger partial charge in [-0.25, -0.2) is 0 Å². The van der Waals surface area contributed by atoms with E-state index in [9.17, 15) is 0 Å². The number of hydrogen-bond acceptors (Lipinski definition) is 0. The van der Waals surface area contributed by atoms with Crippen LogP contribution in [0, 0.1) is 5.92 Å². The van der Waals surface area contributed by atoms with Crippen molar-refractivity contribution in [1.29, 1.82) is 0 Å². The first-order valence-corrected chi connectivity index (χ1v) is 34.1. The molecule has 0 spiro atoms. The molecular formula is C44H40Cl3SiZr. The second-order valence-corrected chi connectivity index (χ2v) is 57.6. The summed E-state index contributed by atoms with van der Waals surface area (Å²) in [5.41, 5.74) is 12.4. The number of hydrogen-bond donors (Lipinski definition) is 0. The van der Waals surface area contributed by atoms with Crippen LogP contribution in [0.5, 0.6) is 0 Å². The van der Waals surface area contributed by atoms with Gasteiger partial charge < -0.3 is 0 Å². The molecule has 0 aromatic heterocycles. The van der Waals surface area contributed by atoms with Crippen LogP contribution < -0.4 is 0 Å². The van der Waals surface area contributed by atoms with E-state index in [-0.39, 0.29) is 7.25 Å². The predicted molar refractivity (Wildman–Crippen MR) is 216 cm³/mol. The molecule has 0 heterocycles. The van der Waals surface area contributed by atoms with Crippen molar-refractivity contribution >= 4 is 68.2 Å². The van der Waals surface area contributed by atoms with E-state index in [4.69, 9.17) is 28.6 Å². The summed E-state index contributed by atoms with van der Waals surface area (Å²) >= 11 is 2.33. The molecule has 0 saturated carbocycles. The number of allylic oxidation sites excluding steroid dienone is 2. The zero-order chi connectivity index (χ0) is 34.3. The standard InChI is InChI=1S/C22H19.C20H14Cl.C2H7Si.2ClH.Zr/c1-15(2)18-13-17-9-6-12-21(22(17)14-18)20-11-5-8-16-7-3-4-10-19(16)20;1-13-11-18-17(9-10-20(21)19(18)12-13)16-8-4-6-14-5-2-3-7-15(14)16;1-3-2;;;/h3-15H,1-2H3;2-12H,1H3;3H,1-2H3;2*1H;/q;;;;;+2/p-2. The van der Waals surface area contributed by atoms with Gasteiger partial charge in [0.1, 0.15) is 0 Å². The third-order valence-corrected chi connectivity index (χ3v) is 63.7. The normalized spacial score (nSPS) is 18.0. The molecule has 6 aromatic rings. The van der Waals surface area contributed by atoms with Gasteiger partial charge in [-0.05, 0) is 0 Å². The van der Waals surface area contributed by atoms with Gasteiger partial charge in [-0.3, -0.25) is 0 Å². The van der Waals surface area contributed by atoms with Crippen LogP contribution in [0.4, 0.5) is 0 Å². The average molecular weight is 794 g/mol. The van der Waals surface area contributed by atoms with Crippen molar-refractivity contribution in [3.05, 3.63) is 154 Å². The maximum absolute atomic E-state index is 8.69. The van der Waals surface area contributed by atoms with E-state index in [1.54, 1.807) is 0 Å². The van der Waals surface area contributed by atoms with Crippen molar-refractivity contribution in [2.24, 2.45) is 5.92 Å². The first-order chi connectivity index (χ1) is 23.5. The Labute approximate surface area is 304 Å². The van der Waals surface area contributed by atoms with E-state index in [1.807, 2.05) is 0 Å². The Hall–Kier alpha value is -2.71. The van der Waals surface area contributed by atoms with Gasteiger partial charge in [0.15, 0.2) is 0 Å². The number of benzene rings is 6. The fourth-order valence-corrected chi connectivity index (χ4v) is 41.6. The zero-order valence-electron chi connectivity index (χ0n) is 28.6. The average Bonchev–Trinajstić information content (AvgIpc) is 3.68. The molecule has 8 rings (SSSR count). The van der Waals surface area contributed by atoms with Crippen molar-refractivity contribution in [2.75, 3.05) is 0 Å². The molecule has 0 N–H and O–H groups in total. The number of fused-ring (bicyclic) bond motifs is 4. The van der Waals surface area contributed by atoms with Gasteiger partial charge in [-0.1, -0.05) is 0 Å². The Kier molecular flexibility index (Phi) is 8.33. The monoisotopic (exact) mass is 791 g/mol. The van der Waals surface area contributed by atoms with E-state index in [1.165, 1.54) is 71.6 Å².